The van der Waals surface area contributed by atoms with E-state index in [1.807, 2.05) is 0 Å². The van der Waals surface area contributed by atoms with Gasteiger partial charge in [0.05, 0.1) is 12.6 Å². The lowest BCUT2D eigenvalue weighted by Gasteiger charge is -2.24. The topological polar surface area (TPSA) is 53.6 Å². The molecule has 0 aliphatic rings. The van der Waals surface area contributed by atoms with Gasteiger partial charge in [-0.2, -0.15) is 0 Å². The van der Waals surface area contributed by atoms with Crippen LogP contribution < -0.4 is 11.1 Å². The molecule has 0 saturated carbocycles. The summed E-state index contributed by atoms with van der Waals surface area (Å²) in [6.07, 6.45) is 0.981. The second kappa shape index (κ2) is 8.68. The lowest BCUT2D eigenvalue weighted by Crippen LogP contribution is -2.34. The molecule has 0 aliphatic carbocycles. The van der Waals surface area contributed by atoms with Gasteiger partial charge in [-0.15, -0.1) is 0 Å². The molecule has 0 aliphatic heterocycles. The minimum atomic E-state index is -0.569. The van der Waals surface area contributed by atoms with Crippen LogP contribution in [0.4, 0.5) is 8.78 Å². The molecule has 4 nitrogen and oxygen atoms in total. The highest BCUT2D eigenvalue weighted by molar-refractivity contribution is 5.77. The summed E-state index contributed by atoms with van der Waals surface area (Å²) in [4.78, 5) is 5.94. The van der Waals surface area contributed by atoms with Gasteiger partial charge in [-0.25, -0.2) is 8.78 Å². The highest BCUT2D eigenvalue weighted by Crippen LogP contribution is 2.24. The van der Waals surface area contributed by atoms with Crippen LogP contribution in [0.1, 0.15) is 31.9 Å². The van der Waals surface area contributed by atoms with Gasteiger partial charge in [0.2, 0.25) is 0 Å². The number of hydrogen-bond acceptors (Lipinski definition) is 2. The molecule has 6 heteroatoms. The Morgan fingerprint density at radius 3 is 2.36 bits per heavy atom. The van der Waals surface area contributed by atoms with Gasteiger partial charge in [0.25, 0.3) is 0 Å². The summed E-state index contributed by atoms with van der Waals surface area (Å²) in [5.74, 6) is -0.271. The third kappa shape index (κ3) is 5.60. The smallest absolute Gasteiger partial charge is 0.188 e. The van der Waals surface area contributed by atoms with Crippen molar-refractivity contribution in [3.05, 3.63) is 35.4 Å². The van der Waals surface area contributed by atoms with Gasteiger partial charge in [0.15, 0.2) is 5.96 Å². The van der Waals surface area contributed by atoms with E-state index in [1.54, 1.807) is 19.0 Å². The van der Waals surface area contributed by atoms with Gasteiger partial charge < -0.3 is 16.0 Å². The lowest BCUT2D eigenvalue weighted by atomic mass is 10.0. The van der Waals surface area contributed by atoms with Crippen LogP contribution in [0.15, 0.2) is 23.2 Å². The normalized spacial score (nSPS) is 13.7. The summed E-state index contributed by atoms with van der Waals surface area (Å²) >= 11 is 0. The number of hydrogen-bond donors (Lipinski definition) is 2. The standard InChI is InChI=1S/C16H26F2N4/c1-11(2)8-9-20-16(19)21-10-14(22(3)4)15-12(17)6-5-7-13(15)18/h5-7,11,14H,8-10H2,1-4H3,(H3,19,20,21). The van der Waals surface area contributed by atoms with Crippen molar-refractivity contribution in [1.29, 1.82) is 0 Å². The maximum absolute atomic E-state index is 13.9. The first-order valence-electron chi connectivity index (χ1n) is 7.47. The minimum absolute atomic E-state index is 0.0197. The van der Waals surface area contributed by atoms with Gasteiger partial charge >= 0.3 is 0 Å². The highest BCUT2D eigenvalue weighted by Gasteiger charge is 2.21. The van der Waals surface area contributed by atoms with E-state index < -0.39 is 17.7 Å². The molecule has 124 valence electrons. The van der Waals surface area contributed by atoms with Crippen LogP contribution in [-0.2, 0) is 0 Å². The van der Waals surface area contributed by atoms with E-state index in [-0.39, 0.29) is 12.1 Å². The third-order valence-electron chi connectivity index (χ3n) is 3.42. The van der Waals surface area contributed by atoms with Crippen LogP contribution in [0, 0.1) is 17.6 Å². The molecule has 0 radical (unpaired) electrons. The SMILES string of the molecule is CC(C)CCNC(N)=NCC(c1c(F)cccc1F)N(C)C. The van der Waals surface area contributed by atoms with Crippen LogP contribution >= 0.6 is 0 Å². The van der Waals surface area contributed by atoms with Crippen molar-refractivity contribution in [3.63, 3.8) is 0 Å². The molecule has 0 bridgehead atoms. The Hall–Kier alpha value is -1.69. The molecule has 1 aromatic rings. The molecule has 1 aromatic carbocycles. The van der Waals surface area contributed by atoms with Crippen LogP contribution in [0.2, 0.25) is 0 Å². The van der Waals surface area contributed by atoms with Gasteiger partial charge in [-0.1, -0.05) is 19.9 Å². The first-order valence-corrected chi connectivity index (χ1v) is 7.47. The molecule has 0 aromatic heterocycles. The quantitative estimate of drug-likeness (QED) is 0.601. The van der Waals surface area contributed by atoms with E-state index >= 15 is 0 Å². The predicted octanol–water partition coefficient (Wildman–Crippen LogP) is 2.52. The van der Waals surface area contributed by atoms with Gasteiger partial charge in [-0.05, 0) is 38.6 Å². The van der Waals surface area contributed by atoms with Crippen LogP contribution in [0.3, 0.4) is 0 Å². The fraction of sp³-hybridized carbons (Fsp3) is 0.562. The summed E-state index contributed by atoms with van der Waals surface area (Å²) in [6.45, 7) is 5.16. The lowest BCUT2D eigenvalue weighted by molar-refractivity contribution is 0.290. The Bertz CT molecular complexity index is 481. The maximum atomic E-state index is 13.9. The van der Waals surface area contributed by atoms with Crippen LogP contribution in [0.25, 0.3) is 0 Å². The summed E-state index contributed by atoms with van der Waals surface area (Å²) in [5, 5.41) is 3.01. The largest absolute Gasteiger partial charge is 0.370 e. The fourth-order valence-corrected chi connectivity index (χ4v) is 2.07. The number of nitrogens with two attached hydrogens (primary N) is 1. The van der Waals surface area contributed by atoms with Crippen molar-refractivity contribution in [2.24, 2.45) is 16.6 Å². The number of halogens is 2. The molecule has 0 spiro atoms. The summed E-state index contributed by atoms with van der Waals surface area (Å²) in [5.41, 5.74) is 5.82. The van der Waals surface area contributed by atoms with Crippen molar-refractivity contribution >= 4 is 5.96 Å². The molecular formula is C16H26F2N4. The number of rotatable bonds is 7. The van der Waals surface area contributed by atoms with E-state index in [0.717, 1.165) is 13.0 Å². The van der Waals surface area contributed by atoms with Gasteiger partial charge in [0.1, 0.15) is 11.6 Å². The summed E-state index contributed by atoms with van der Waals surface area (Å²) in [6, 6.07) is 3.35. The zero-order valence-electron chi connectivity index (χ0n) is 13.7. The van der Waals surface area contributed by atoms with Gasteiger partial charge in [-0.3, -0.25) is 4.99 Å². The minimum Gasteiger partial charge on any atom is -0.370 e. The summed E-state index contributed by atoms with van der Waals surface area (Å²) in [7, 11) is 3.52. The van der Waals surface area contributed by atoms with E-state index in [0.29, 0.717) is 11.9 Å². The molecule has 22 heavy (non-hydrogen) atoms. The van der Waals surface area contributed by atoms with Crippen molar-refractivity contribution in [2.45, 2.75) is 26.3 Å². The number of nitrogens with one attached hydrogen (secondary N) is 1. The Morgan fingerprint density at radius 2 is 1.86 bits per heavy atom. The second-order valence-electron chi connectivity index (χ2n) is 5.95. The molecular weight excluding hydrogens is 286 g/mol. The zero-order chi connectivity index (χ0) is 16.7. The number of nitrogens with zero attached hydrogens (tertiary/aromatic N) is 2. The summed E-state index contributed by atoms with van der Waals surface area (Å²) < 4.78 is 27.8. The molecule has 0 fully saturated rings. The number of benzene rings is 1. The molecule has 1 atom stereocenters. The predicted molar refractivity (Wildman–Crippen MR) is 86.7 cm³/mol. The number of likely N-dealkylation sites (N-methyl/N-ethyl adjacent to an activating group) is 1. The average Bonchev–Trinajstić information content (AvgIpc) is 2.41. The van der Waals surface area contributed by atoms with Crippen LogP contribution in [-0.4, -0.2) is 38.0 Å². The van der Waals surface area contributed by atoms with Crippen molar-refractivity contribution in [1.82, 2.24) is 10.2 Å². The molecule has 0 saturated heterocycles. The molecule has 1 unspecified atom stereocenters. The third-order valence-corrected chi connectivity index (χ3v) is 3.42. The van der Waals surface area contributed by atoms with E-state index in [2.05, 4.69) is 24.2 Å². The van der Waals surface area contributed by atoms with E-state index in [4.69, 9.17) is 5.73 Å². The Labute approximate surface area is 131 Å². The number of aliphatic imine (C=N–C) groups is 1. The molecule has 3 N–H and O–H groups in total. The van der Waals surface area contributed by atoms with E-state index in [1.165, 1.54) is 18.2 Å². The molecule has 0 amide bonds. The zero-order valence-corrected chi connectivity index (χ0v) is 13.7. The highest BCUT2D eigenvalue weighted by atomic mass is 19.1. The Morgan fingerprint density at radius 1 is 1.27 bits per heavy atom. The molecule has 1 rings (SSSR count). The fourth-order valence-electron chi connectivity index (χ4n) is 2.07. The first kappa shape index (κ1) is 18.4. The van der Waals surface area contributed by atoms with Crippen molar-refractivity contribution in [2.75, 3.05) is 27.2 Å². The van der Waals surface area contributed by atoms with Gasteiger partial charge in [0, 0.05) is 12.1 Å². The maximum Gasteiger partial charge on any atom is 0.188 e. The first-order chi connectivity index (χ1) is 10.3. The van der Waals surface area contributed by atoms with E-state index in [9.17, 15) is 8.78 Å². The Balaban J connectivity index is 2.77. The van der Waals surface area contributed by atoms with Crippen molar-refractivity contribution in [3.8, 4) is 0 Å². The second-order valence-corrected chi connectivity index (χ2v) is 5.95. The number of guanidine groups is 1. The van der Waals surface area contributed by atoms with Crippen molar-refractivity contribution < 1.29 is 8.78 Å². The molecule has 0 heterocycles. The Kier molecular flexibility index (Phi) is 7.24. The monoisotopic (exact) mass is 312 g/mol. The van der Waals surface area contributed by atoms with Crippen LogP contribution in [0.5, 0.6) is 0 Å². The average molecular weight is 312 g/mol.